The van der Waals surface area contributed by atoms with Crippen molar-refractivity contribution in [3.8, 4) is 5.75 Å². The third-order valence-electron chi connectivity index (χ3n) is 2.44. The number of aliphatic carboxylic acids is 1. The maximum absolute atomic E-state index is 10.6. The number of methoxy groups -OCH3 is 1. The Morgan fingerprint density at radius 2 is 2.47 bits per heavy atom. The second-order valence-electron chi connectivity index (χ2n) is 3.48. The van der Waals surface area contributed by atoms with Gasteiger partial charge in [0.15, 0.2) is 0 Å². The molecule has 1 N–H and O–H groups in total. The van der Waals surface area contributed by atoms with E-state index in [9.17, 15) is 4.79 Å². The first-order valence-corrected chi connectivity index (χ1v) is 5.63. The van der Waals surface area contributed by atoms with E-state index in [4.69, 9.17) is 9.84 Å². The standard InChI is InChI=1S/C11H12O3S/c1-14-9-3-2-4-10-8(9)5-7(15-10)6-11(12)13/h2-4,7H,5-6H2,1H3,(H,12,13). The Balaban J connectivity index is 2.19. The minimum absolute atomic E-state index is 0.147. The van der Waals surface area contributed by atoms with Crippen molar-refractivity contribution in [2.75, 3.05) is 7.11 Å². The monoisotopic (exact) mass is 224 g/mol. The third kappa shape index (κ3) is 2.09. The van der Waals surface area contributed by atoms with E-state index in [2.05, 4.69) is 0 Å². The van der Waals surface area contributed by atoms with Crippen LogP contribution in [0.3, 0.4) is 0 Å². The van der Waals surface area contributed by atoms with E-state index < -0.39 is 5.97 Å². The van der Waals surface area contributed by atoms with Crippen LogP contribution >= 0.6 is 11.8 Å². The number of carbonyl (C=O) groups is 1. The number of hydrogen-bond donors (Lipinski definition) is 1. The Kier molecular flexibility index (Phi) is 2.86. The molecular weight excluding hydrogens is 212 g/mol. The zero-order chi connectivity index (χ0) is 10.8. The van der Waals surface area contributed by atoms with Crippen LogP contribution in [0.1, 0.15) is 12.0 Å². The zero-order valence-corrected chi connectivity index (χ0v) is 9.21. The number of ether oxygens (including phenoxy) is 1. The largest absolute Gasteiger partial charge is 0.496 e. The van der Waals surface area contributed by atoms with Crippen LogP contribution in [0, 0.1) is 0 Å². The van der Waals surface area contributed by atoms with Crippen molar-refractivity contribution in [1.82, 2.24) is 0 Å². The first kappa shape index (κ1) is 10.4. The molecule has 0 saturated carbocycles. The van der Waals surface area contributed by atoms with Crippen molar-refractivity contribution in [3.05, 3.63) is 23.8 Å². The van der Waals surface area contributed by atoms with Gasteiger partial charge in [0.1, 0.15) is 5.75 Å². The van der Waals surface area contributed by atoms with Crippen molar-refractivity contribution in [2.24, 2.45) is 0 Å². The molecule has 80 valence electrons. The van der Waals surface area contributed by atoms with E-state index in [0.717, 1.165) is 22.6 Å². The van der Waals surface area contributed by atoms with Crippen molar-refractivity contribution in [2.45, 2.75) is 23.0 Å². The van der Waals surface area contributed by atoms with E-state index in [1.807, 2.05) is 18.2 Å². The molecule has 1 aliphatic heterocycles. The molecule has 2 rings (SSSR count). The highest BCUT2D eigenvalue weighted by Crippen LogP contribution is 2.42. The highest BCUT2D eigenvalue weighted by Gasteiger charge is 2.26. The van der Waals surface area contributed by atoms with Crippen LogP contribution in [0.5, 0.6) is 5.75 Å². The van der Waals surface area contributed by atoms with Gasteiger partial charge in [-0.15, -0.1) is 11.8 Å². The van der Waals surface area contributed by atoms with Crippen LogP contribution < -0.4 is 4.74 Å². The fourth-order valence-electron chi connectivity index (χ4n) is 1.81. The SMILES string of the molecule is COc1cccc2c1CC(CC(=O)O)S2. The molecule has 0 spiro atoms. The molecule has 1 heterocycles. The normalized spacial score (nSPS) is 18.6. The lowest BCUT2D eigenvalue weighted by atomic mass is 10.1. The molecule has 1 aliphatic rings. The molecule has 15 heavy (non-hydrogen) atoms. The fourth-order valence-corrected chi connectivity index (χ4v) is 3.12. The number of carboxylic acid groups (broad SMARTS) is 1. The highest BCUT2D eigenvalue weighted by molar-refractivity contribution is 8.00. The van der Waals surface area contributed by atoms with Crippen LogP contribution in [-0.2, 0) is 11.2 Å². The summed E-state index contributed by atoms with van der Waals surface area (Å²) in [5, 5.41) is 8.88. The van der Waals surface area contributed by atoms with Crippen LogP contribution in [-0.4, -0.2) is 23.4 Å². The number of fused-ring (bicyclic) bond motifs is 1. The lowest BCUT2D eigenvalue weighted by Gasteiger charge is -2.05. The van der Waals surface area contributed by atoms with Crippen LogP contribution in [0.4, 0.5) is 0 Å². The molecule has 1 unspecified atom stereocenters. The summed E-state index contributed by atoms with van der Waals surface area (Å²) >= 11 is 1.63. The van der Waals surface area contributed by atoms with E-state index in [-0.39, 0.29) is 11.7 Å². The average molecular weight is 224 g/mol. The van der Waals surface area contributed by atoms with Gasteiger partial charge in [-0.25, -0.2) is 0 Å². The summed E-state index contributed by atoms with van der Waals surface area (Å²) in [4.78, 5) is 11.8. The predicted molar refractivity (Wildman–Crippen MR) is 58.6 cm³/mol. The van der Waals surface area contributed by atoms with Crippen LogP contribution in [0.15, 0.2) is 23.1 Å². The molecule has 0 saturated heterocycles. The summed E-state index contributed by atoms with van der Waals surface area (Å²) in [6, 6.07) is 5.88. The quantitative estimate of drug-likeness (QED) is 0.854. The maximum atomic E-state index is 10.6. The number of hydrogen-bond acceptors (Lipinski definition) is 3. The first-order valence-electron chi connectivity index (χ1n) is 4.75. The van der Waals surface area contributed by atoms with Crippen LogP contribution in [0.2, 0.25) is 0 Å². The van der Waals surface area contributed by atoms with Crippen LogP contribution in [0.25, 0.3) is 0 Å². The molecule has 0 aliphatic carbocycles. The number of benzene rings is 1. The molecule has 0 fully saturated rings. The second-order valence-corrected chi connectivity index (χ2v) is 4.82. The first-order chi connectivity index (χ1) is 7.20. The van der Waals surface area contributed by atoms with Crippen molar-refractivity contribution >= 4 is 17.7 Å². The summed E-state index contributed by atoms with van der Waals surface area (Å²) in [5.41, 5.74) is 1.15. The predicted octanol–water partition coefficient (Wildman–Crippen LogP) is 2.19. The molecule has 1 aromatic rings. The van der Waals surface area contributed by atoms with E-state index in [1.54, 1.807) is 18.9 Å². The van der Waals surface area contributed by atoms with Crippen molar-refractivity contribution < 1.29 is 14.6 Å². The molecule has 0 amide bonds. The van der Waals surface area contributed by atoms with Gasteiger partial charge in [-0.3, -0.25) is 4.79 Å². The summed E-state index contributed by atoms with van der Waals surface area (Å²) < 4.78 is 5.25. The summed E-state index contributed by atoms with van der Waals surface area (Å²) in [6.45, 7) is 0. The van der Waals surface area contributed by atoms with Gasteiger partial charge >= 0.3 is 5.97 Å². The second kappa shape index (κ2) is 4.14. The minimum atomic E-state index is -0.737. The summed E-state index contributed by atoms with van der Waals surface area (Å²) in [5.74, 6) is 0.132. The molecule has 1 aromatic carbocycles. The van der Waals surface area contributed by atoms with Gasteiger partial charge in [-0.1, -0.05) is 6.07 Å². The Morgan fingerprint density at radius 1 is 1.67 bits per heavy atom. The van der Waals surface area contributed by atoms with Crippen molar-refractivity contribution in [1.29, 1.82) is 0 Å². The fraction of sp³-hybridized carbons (Fsp3) is 0.364. The average Bonchev–Trinajstić information content (AvgIpc) is 2.58. The van der Waals surface area contributed by atoms with Crippen molar-refractivity contribution in [3.63, 3.8) is 0 Å². The van der Waals surface area contributed by atoms with E-state index in [1.165, 1.54) is 0 Å². The Morgan fingerprint density at radius 3 is 3.13 bits per heavy atom. The van der Waals surface area contributed by atoms with Gasteiger partial charge in [0.05, 0.1) is 13.5 Å². The lowest BCUT2D eigenvalue weighted by Crippen LogP contribution is -2.08. The molecule has 1 atom stereocenters. The molecule has 3 nitrogen and oxygen atoms in total. The third-order valence-corrected chi connectivity index (χ3v) is 3.74. The molecule has 0 bridgehead atoms. The Bertz CT molecular complexity index is 389. The number of rotatable bonds is 3. The lowest BCUT2D eigenvalue weighted by molar-refractivity contribution is -0.136. The topological polar surface area (TPSA) is 46.5 Å². The summed E-state index contributed by atoms with van der Waals surface area (Å²) in [7, 11) is 1.64. The molecular formula is C11H12O3S. The Hall–Kier alpha value is -1.16. The van der Waals surface area contributed by atoms with Gasteiger partial charge in [0, 0.05) is 15.7 Å². The van der Waals surface area contributed by atoms with E-state index >= 15 is 0 Å². The number of thioether (sulfide) groups is 1. The van der Waals surface area contributed by atoms with E-state index in [0.29, 0.717) is 0 Å². The van der Waals surface area contributed by atoms with Gasteiger partial charge in [0.2, 0.25) is 0 Å². The van der Waals surface area contributed by atoms with Gasteiger partial charge in [-0.2, -0.15) is 0 Å². The minimum Gasteiger partial charge on any atom is -0.496 e. The molecule has 0 radical (unpaired) electrons. The molecule has 0 aromatic heterocycles. The molecule has 4 heteroatoms. The van der Waals surface area contributed by atoms with Gasteiger partial charge in [0.25, 0.3) is 0 Å². The highest BCUT2D eigenvalue weighted by atomic mass is 32.2. The number of carboxylic acids is 1. The Labute approximate surface area is 92.4 Å². The van der Waals surface area contributed by atoms with Gasteiger partial charge < -0.3 is 9.84 Å². The maximum Gasteiger partial charge on any atom is 0.304 e. The van der Waals surface area contributed by atoms with Gasteiger partial charge in [-0.05, 0) is 18.6 Å². The summed E-state index contributed by atoms with van der Waals surface area (Å²) in [6.07, 6.45) is 0.999. The smallest absolute Gasteiger partial charge is 0.304 e. The zero-order valence-electron chi connectivity index (χ0n) is 8.40.